The Labute approximate surface area is 274 Å². The lowest BCUT2D eigenvalue weighted by atomic mass is 10.1. The molecule has 9 nitrogen and oxygen atoms in total. The van der Waals surface area contributed by atoms with E-state index in [-0.39, 0.29) is 23.8 Å². The zero-order valence-corrected chi connectivity index (χ0v) is 27.2. The van der Waals surface area contributed by atoms with Gasteiger partial charge in [-0.05, 0) is 92.0 Å². The summed E-state index contributed by atoms with van der Waals surface area (Å²) in [5.74, 6) is 0.579. The number of anilines is 4. The number of amides is 2. The quantitative estimate of drug-likeness (QED) is 0.125. The van der Waals surface area contributed by atoms with Gasteiger partial charge in [-0.15, -0.1) is 0 Å². The fraction of sp³-hybridized carbons (Fsp3) is 0.206. The van der Waals surface area contributed by atoms with Crippen LogP contribution in [0, 0.1) is 0 Å². The summed E-state index contributed by atoms with van der Waals surface area (Å²) in [6.07, 6.45) is 3.32. The van der Waals surface area contributed by atoms with Crippen molar-refractivity contribution < 1.29 is 9.59 Å². The molecule has 1 atom stereocenters. The average Bonchev–Trinajstić information content (AvgIpc) is 3.58. The van der Waals surface area contributed by atoms with Gasteiger partial charge in [0, 0.05) is 36.9 Å². The van der Waals surface area contributed by atoms with Crippen LogP contribution < -0.4 is 21.3 Å². The molecule has 0 bridgehead atoms. The molecule has 2 aromatic heterocycles. The van der Waals surface area contributed by atoms with E-state index < -0.39 is 0 Å². The summed E-state index contributed by atoms with van der Waals surface area (Å²) in [6.45, 7) is 5.04. The molecular weight excluding hydrogens is 650 g/mol. The summed E-state index contributed by atoms with van der Waals surface area (Å²) in [7, 11) is 0. The molecule has 5 aromatic rings. The van der Waals surface area contributed by atoms with Gasteiger partial charge >= 0.3 is 0 Å². The number of pyridine rings is 1. The van der Waals surface area contributed by atoms with Gasteiger partial charge < -0.3 is 21.3 Å². The number of carbonyl (C=O) groups excluding carboxylic acids is 2. The van der Waals surface area contributed by atoms with E-state index in [1.807, 2.05) is 72.8 Å². The third-order valence-electron chi connectivity index (χ3n) is 7.39. The van der Waals surface area contributed by atoms with E-state index in [2.05, 4.69) is 61.0 Å². The molecule has 1 aliphatic heterocycles. The molecule has 3 heterocycles. The van der Waals surface area contributed by atoms with Gasteiger partial charge in [-0.3, -0.25) is 9.59 Å². The molecule has 1 fully saturated rings. The van der Waals surface area contributed by atoms with Gasteiger partial charge in [0.2, 0.25) is 5.91 Å². The first-order valence-electron chi connectivity index (χ1n) is 14.7. The molecule has 228 valence electrons. The molecule has 0 spiro atoms. The van der Waals surface area contributed by atoms with Gasteiger partial charge in [-0.1, -0.05) is 53.7 Å². The van der Waals surface area contributed by atoms with Crippen molar-refractivity contribution in [2.24, 2.45) is 0 Å². The van der Waals surface area contributed by atoms with E-state index in [9.17, 15) is 9.59 Å². The molecule has 45 heavy (non-hydrogen) atoms. The Hall–Kier alpha value is -4.32. The molecule has 0 saturated carbocycles. The highest BCUT2D eigenvalue weighted by atomic mass is 79.9. The third kappa shape index (κ3) is 7.50. The Morgan fingerprint density at radius 2 is 1.78 bits per heavy atom. The second-order valence-electron chi connectivity index (χ2n) is 11.1. The van der Waals surface area contributed by atoms with Crippen molar-refractivity contribution in [3.05, 3.63) is 101 Å². The molecule has 1 aliphatic rings. The number of nitrogens with one attached hydrogen (secondary N) is 4. The van der Waals surface area contributed by atoms with Crippen LogP contribution in [0.1, 0.15) is 48.7 Å². The number of aromatic nitrogens is 3. The lowest BCUT2D eigenvalue weighted by Crippen LogP contribution is -2.35. The monoisotopic (exact) mass is 681 g/mol. The van der Waals surface area contributed by atoms with Crippen molar-refractivity contribution in [3.63, 3.8) is 0 Å². The van der Waals surface area contributed by atoms with Gasteiger partial charge in [0.05, 0.1) is 17.1 Å². The summed E-state index contributed by atoms with van der Waals surface area (Å²) in [6, 6.07) is 24.5. The van der Waals surface area contributed by atoms with Crippen molar-refractivity contribution in [2.75, 3.05) is 22.5 Å². The number of hydrogen-bond donors (Lipinski definition) is 4. The van der Waals surface area contributed by atoms with Crippen LogP contribution in [0.25, 0.3) is 11.0 Å². The lowest BCUT2D eigenvalue weighted by molar-refractivity contribution is -0.117. The SMILES string of the molecule is CC(C)c1ccc2c(Nc3cc(C(=O)Nc4cccc(Br)c4)ccc3Sc3cccc(NC(=O)C4CCCN4)c3)ncnc2n1. The molecule has 3 aromatic carbocycles. The van der Waals surface area contributed by atoms with Gasteiger partial charge in [0.25, 0.3) is 5.91 Å². The van der Waals surface area contributed by atoms with Crippen LogP contribution in [0.2, 0.25) is 0 Å². The highest BCUT2D eigenvalue weighted by Gasteiger charge is 2.22. The molecule has 1 saturated heterocycles. The van der Waals surface area contributed by atoms with Crippen molar-refractivity contribution in [3.8, 4) is 0 Å². The first-order chi connectivity index (χ1) is 21.8. The molecular formula is C34H32BrN7O2S. The van der Waals surface area contributed by atoms with Crippen LogP contribution in [0.5, 0.6) is 0 Å². The Bertz CT molecular complexity index is 1880. The van der Waals surface area contributed by atoms with E-state index in [0.29, 0.717) is 28.4 Å². The normalized spacial score (nSPS) is 14.4. The standard InChI is InChI=1S/C34H32BrN7O2S/c1-20(2)27-13-12-26-31(41-27)37-19-38-32(26)42-29-16-21(33(43)39-23-7-3-6-22(35)17-23)11-14-30(29)45-25-9-4-8-24(18-25)40-34(44)28-10-5-15-36-28/h3-4,6-9,11-14,16-20,28,36H,5,10,15H2,1-2H3,(H,39,43)(H,40,44)(H,37,38,41,42). The number of nitrogens with zero attached hydrogens (tertiary/aromatic N) is 3. The highest BCUT2D eigenvalue weighted by molar-refractivity contribution is 9.10. The molecule has 1 unspecified atom stereocenters. The van der Waals surface area contributed by atoms with Gasteiger partial charge in [-0.25, -0.2) is 15.0 Å². The average molecular weight is 683 g/mol. The van der Waals surface area contributed by atoms with Crippen molar-refractivity contribution in [1.29, 1.82) is 0 Å². The minimum Gasteiger partial charge on any atom is -0.339 e. The number of benzene rings is 3. The maximum atomic E-state index is 13.3. The maximum Gasteiger partial charge on any atom is 0.255 e. The summed E-state index contributed by atoms with van der Waals surface area (Å²) in [5, 5.41) is 13.5. The number of rotatable bonds is 9. The van der Waals surface area contributed by atoms with Crippen molar-refractivity contribution in [2.45, 2.75) is 48.4 Å². The first kappa shape index (κ1) is 30.7. The second kappa shape index (κ2) is 13.8. The van der Waals surface area contributed by atoms with E-state index in [4.69, 9.17) is 4.98 Å². The van der Waals surface area contributed by atoms with Crippen LogP contribution in [-0.2, 0) is 4.79 Å². The summed E-state index contributed by atoms with van der Waals surface area (Å²) in [5.41, 5.74) is 4.13. The molecule has 2 amide bonds. The maximum absolute atomic E-state index is 13.3. The van der Waals surface area contributed by atoms with Crippen LogP contribution in [-0.4, -0.2) is 39.4 Å². The predicted octanol–water partition coefficient (Wildman–Crippen LogP) is 7.75. The summed E-state index contributed by atoms with van der Waals surface area (Å²) in [4.78, 5) is 41.5. The zero-order chi connectivity index (χ0) is 31.3. The summed E-state index contributed by atoms with van der Waals surface area (Å²) < 4.78 is 0.872. The van der Waals surface area contributed by atoms with E-state index in [1.54, 1.807) is 6.07 Å². The van der Waals surface area contributed by atoms with Crippen LogP contribution in [0.15, 0.2) is 99.5 Å². The van der Waals surface area contributed by atoms with Crippen LogP contribution in [0.3, 0.4) is 0 Å². The van der Waals surface area contributed by atoms with Gasteiger partial charge in [-0.2, -0.15) is 0 Å². The molecule has 6 rings (SSSR count). The number of carbonyl (C=O) groups is 2. The Kier molecular flexibility index (Phi) is 9.39. The topological polar surface area (TPSA) is 121 Å². The first-order valence-corrected chi connectivity index (χ1v) is 16.3. The van der Waals surface area contributed by atoms with E-state index in [1.165, 1.54) is 18.1 Å². The number of hydrogen-bond acceptors (Lipinski definition) is 8. The Morgan fingerprint density at radius 1 is 0.956 bits per heavy atom. The predicted molar refractivity (Wildman–Crippen MR) is 183 cm³/mol. The second-order valence-corrected chi connectivity index (χ2v) is 13.1. The number of fused-ring (bicyclic) bond motifs is 1. The fourth-order valence-electron chi connectivity index (χ4n) is 5.04. The molecule has 11 heteroatoms. The van der Waals surface area contributed by atoms with Gasteiger partial charge in [0.15, 0.2) is 5.65 Å². The molecule has 4 N–H and O–H groups in total. The van der Waals surface area contributed by atoms with Crippen LogP contribution in [0.4, 0.5) is 22.9 Å². The highest BCUT2D eigenvalue weighted by Crippen LogP contribution is 2.37. The minimum absolute atomic E-state index is 0.0253. The third-order valence-corrected chi connectivity index (χ3v) is 8.95. The molecule has 0 radical (unpaired) electrons. The van der Waals surface area contributed by atoms with E-state index >= 15 is 0 Å². The smallest absolute Gasteiger partial charge is 0.255 e. The van der Waals surface area contributed by atoms with Crippen LogP contribution >= 0.6 is 27.7 Å². The minimum atomic E-state index is -0.242. The number of halogens is 1. The Balaban J connectivity index is 1.32. The zero-order valence-electron chi connectivity index (χ0n) is 24.8. The molecule has 0 aliphatic carbocycles. The van der Waals surface area contributed by atoms with Crippen molar-refractivity contribution in [1.82, 2.24) is 20.3 Å². The fourth-order valence-corrected chi connectivity index (χ4v) is 6.38. The largest absolute Gasteiger partial charge is 0.339 e. The Morgan fingerprint density at radius 3 is 2.56 bits per heavy atom. The van der Waals surface area contributed by atoms with Gasteiger partial charge in [0.1, 0.15) is 12.1 Å². The van der Waals surface area contributed by atoms with Crippen molar-refractivity contribution >= 4 is 73.4 Å². The van der Waals surface area contributed by atoms with E-state index in [0.717, 1.165) is 50.4 Å². The summed E-state index contributed by atoms with van der Waals surface area (Å²) >= 11 is 4.98. The lowest BCUT2D eigenvalue weighted by Gasteiger charge is -2.16.